The first-order valence-electron chi connectivity index (χ1n) is 7.89. The number of ketones is 1. The van der Waals surface area contributed by atoms with Gasteiger partial charge in [0.2, 0.25) is 0 Å². The van der Waals surface area contributed by atoms with Gasteiger partial charge in [-0.1, -0.05) is 6.07 Å². The highest BCUT2D eigenvalue weighted by Crippen LogP contribution is 2.12. The minimum absolute atomic E-state index is 0.0979. The van der Waals surface area contributed by atoms with E-state index in [-0.39, 0.29) is 18.2 Å². The summed E-state index contributed by atoms with van der Waals surface area (Å²) in [6.07, 6.45) is 0. The SMILES string of the molecule is COc1ccc(C(=O)CNC(=O)c2cccc(-n3nnnc3C)c2)cc1. The normalized spacial score (nSPS) is 10.4. The molecule has 0 aliphatic rings. The summed E-state index contributed by atoms with van der Waals surface area (Å²) in [6.45, 7) is 1.67. The quantitative estimate of drug-likeness (QED) is 0.677. The zero-order valence-corrected chi connectivity index (χ0v) is 14.3. The minimum atomic E-state index is -0.348. The van der Waals surface area contributed by atoms with Gasteiger partial charge in [0.15, 0.2) is 11.6 Å². The van der Waals surface area contributed by atoms with E-state index < -0.39 is 0 Å². The molecule has 8 nitrogen and oxygen atoms in total. The largest absolute Gasteiger partial charge is 0.497 e. The molecule has 0 radical (unpaired) electrons. The first-order valence-corrected chi connectivity index (χ1v) is 7.89. The molecule has 0 spiro atoms. The van der Waals surface area contributed by atoms with Gasteiger partial charge in [-0.15, -0.1) is 5.10 Å². The van der Waals surface area contributed by atoms with Gasteiger partial charge >= 0.3 is 0 Å². The van der Waals surface area contributed by atoms with Crippen molar-refractivity contribution in [2.45, 2.75) is 6.92 Å². The number of ether oxygens (including phenoxy) is 1. The monoisotopic (exact) mass is 351 g/mol. The molecular weight excluding hydrogens is 334 g/mol. The zero-order chi connectivity index (χ0) is 18.5. The summed E-state index contributed by atoms with van der Waals surface area (Å²) in [5.41, 5.74) is 1.59. The van der Waals surface area contributed by atoms with Gasteiger partial charge in [0.25, 0.3) is 5.91 Å². The van der Waals surface area contributed by atoms with Crippen LogP contribution in [0, 0.1) is 6.92 Å². The Bertz CT molecular complexity index is 934. The van der Waals surface area contributed by atoms with Gasteiger partial charge in [0.1, 0.15) is 5.75 Å². The first kappa shape index (κ1) is 17.3. The molecule has 3 aromatic rings. The third-order valence-corrected chi connectivity index (χ3v) is 3.80. The van der Waals surface area contributed by atoms with Crippen molar-refractivity contribution in [3.05, 3.63) is 65.5 Å². The highest BCUT2D eigenvalue weighted by molar-refractivity contribution is 6.02. The van der Waals surface area contributed by atoms with Gasteiger partial charge in [-0.05, 0) is 59.8 Å². The molecule has 1 heterocycles. The van der Waals surface area contributed by atoms with Crippen molar-refractivity contribution in [3.63, 3.8) is 0 Å². The number of hydrogen-bond acceptors (Lipinski definition) is 6. The topological polar surface area (TPSA) is 99.0 Å². The molecular formula is C18H17N5O3. The lowest BCUT2D eigenvalue weighted by Crippen LogP contribution is -2.29. The highest BCUT2D eigenvalue weighted by atomic mass is 16.5. The number of carbonyl (C=O) groups is 2. The lowest BCUT2D eigenvalue weighted by molar-refractivity contribution is 0.0904. The summed E-state index contributed by atoms with van der Waals surface area (Å²) >= 11 is 0. The second-order valence-electron chi connectivity index (χ2n) is 5.52. The van der Waals surface area contributed by atoms with Crippen LogP contribution in [0.2, 0.25) is 0 Å². The average molecular weight is 351 g/mol. The molecule has 0 saturated heterocycles. The zero-order valence-electron chi connectivity index (χ0n) is 14.3. The van der Waals surface area contributed by atoms with E-state index in [0.717, 1.165) is 0 Å². The molecule has 132 valence electrons. The number of Topliss-reactive ketones (excluding diaryl/α,β-unsaturated/α-hetero) is 1. The van der Waals surface area contributed by atoms with Crippen molar-refractivity contribution in [1.29, 1.82) is 0 Å². The Morgan fingerprint density at radius 3 is 2.54 bits per heavy atom. The number of methoxy groups -OCH3 is 1. The van der Waals surface area contributed by atoms with E-state index in [1.807, 2.05) is 0 Å². The average Bonchev–Trinajstić information content (AvgIpc) is 3.12. The summed E-state index contributed by atoms with van der Waals surface area (Å²) in [7, 11) is 1.56. The van der Waals surface area contributed by atoms with E-state index in [9.17, 15) is 9.59 Å². The molecule has 3 rings (SSSR count). The van der Waals surface area contributed by atoms with Crippen LogP contribution in [0.4, 0.5) is 0 Å². The third-order valence-electron chi connectivity index (χ3n) is 3.80. The number of aryl methyl sites for hydroxylation is 1. The van der Waals surface area contributed by atoms with Crippen molar-refractivity contribution < 1.29 is 14.3 Å². The molecule has 0 aliphatic heterocycles. The van der Waals surface area contributed by atoms with Gasteiger partial charge in [-0.3, -0.25) is 9.59 Å². The van der Waals surface area contributed by atoms with Crippen molar-refractivity contribution in [3.8, 4) is 11.4 Å². The maximum atomic E-state index is 12.3. The fourth-order valence-corrected chi connectivity index (χ4v) is 2.39. The second-order valence-corrected chi connectivity index (χ2v) is 5.52. The number of benzene rings is 2. The van der Waals surface area contributed by atoms with Crippen LogP contribution >= 0.6 is 0 Å². The molecule has 1 N–H and O–H groups in total. The maximum absolute atomic E-state index is 12.3. The van der Waals surface area contributed by atoms with Crippen molar-refractivity contribution >= 4 is 11.7 Å². The van der Waals surface area contributed by atoms with Crippen LogP contribution in [-0.4, -0.2) is 45.6 Å². The Labute approximate surface area is 149 Å². The Kier molecular flexibility index (Phi) is 5.02. The summed E-state index contributed by atoms with van der Waals surface area (Å²) in [5.74, 6) is 0.741. The summed E-state index contributed by atoms with van der Waals surface area (Å²) in [4.78, 5) is 24.5. The molecule has 0 fully saturated rings. The van der Waals surface area contributed by atoms with Gasteiger partial charge in [-0.2, -0.15) is 4.68 Å². The van der Waals surface area contributed by atoms with E-state index in [1.165, 1.54) is 4.68 Å². The molecule has 0 atom stereocenters. The van der Waals surface area contributed by atoms with Crippen LogP contribution in [0.5, 0.6) is 5.75 Å². The van der Waals surface area contributed by atoms with Crippen LogP contribution in [0.25, 0.3) is 5.69 Å². The van der Waals surface area contributed by atoms with Crippen molar-refractivity contribution in [1.82, 2.24) is 25.5 Å². The lowest BCUT2D eigenvalue weighted by atomic mass is 10.1. The summed E-state index contributed by atoms with van der Waals surface area (Å²) in [5, 5.41) is 13.9. The Hall–Kier alpha value is -3.55. The van der Waals surface area contributed by atoms with Crippen LogP contribution in [0.15, 0.2) is 48.5 Å². The summed E-state index contributed by atoms with van der Waals surface area (Å²) in [6, 6.07) is 13.6. The van der Waals surface area contributed by atoms with Gasteiger partial charge in [0, 0.05) is 11.1 Å². The fraction of sp³-hybridized carbons (Fsp3) is 0.167. The number of amides is 1. The molecule has 0 aliphatic carbocycles. The van der Waals surface area contributed by atoms with Crippen LogP contribution in [0.1, 0.15) is 26.5 Å². The van der Waals surface area contributed by atoms with Crippen LogP contribution in [0.3, 0.4) is 0 Å². The molecule has 1 amide bonds. The standard InChI is InChI=1S/C18H17N5O3/c1-12-20-21-22-23(12)15-5-3-4-14(10-15)18(25)19-11-17(24)13-6-8-16(26-2)9-7-13/h3-10H,11H2,1-2H3,(H,19,25). The number of hydrogen-bond donors (Lipinski definition) is 1. The van der Waals surface area contributed by atoms with Crippen molar-refractivity contribution in [2.24, 2.45) is 0 Å². The number of carbonyl (C=O) groups excluding carboxylic acids is 2. The smallest absolute Gasteiger partial charge is 0.251 e. The molecule has 0 unspecified atom stereocenters. The molecule has 8 heteroatoms. The lowest BCUT2D eigenvalue weighted by Gasteiger charge is -2.07. The van der Waals surface area contributed by atoms with E-state index in [0.29, 0.717) is 28.4 Å². The number of rotatable bonds is 6. The van der Waals surface area contributed by atoms with E-state index in [2.05, 4.69) is 20.8 Å². The third kappa shape index (κ3) is 3.75. The maximum Gasteiger partial charge on any atom is 0.251 e. The van der Waals surface area contributed by atoms with Crippen LogP contribution in [-0.2, 0) is 0 Å². The number of nitrogens with zero attached hydrogens (tertiary/aromatic N) is 4. The minimum Gasteiger partial charge on any atom is -0.497 e. The molecule has 26 heavy (non-hydrogen) atoms. The number of aromatic nitrogens is 4. The molecule has 1 aromatic heterocycles. The highest BCUT2D eigenvalue weighted by Gasteiger charge is 2.12. The van der Waals surface area contributed by atoms with E-state index in [1.54, 1.807) is 62.6 Å². The van der Waals surface area contributed by atoms with E-state index in [4.69, 9.17) is 4.74 Å². The fourth-order valence-electron chi connectivity index (χ4n) is 2.39. The number of tetrazole rings is 1. The predicted octanol–water partition coefficient (Wildman–Crippen LogP) is 1.59. The van der Waals surface area contributed by atoms with Gasteiger partial charge in [0.05, 0.1) is 19.3 Å². The molecule has 0 saturated carbocycles. The van der Waals surface area contributed by atoms with Crippen LogP contribution < -0.4 is 10.1 Å². The first-order chi connectivity index (χ1) is 12.6. The van der Waals surface area contributed by atoms with Crippen molar-refractivity contribution in [2.75, 3.05) is 13.7 Å². The molecule has 2 aromatic carbocycles. The Morgan fingerprint density at radius 1 is 1.12 bits per heavy atom. The second kappa shape index (κ2) is 7.56. The molecule has 0 bridgehead atoms. The predicted molar refractivity (Wildman–Crippen MR) is 93.5 cm³/mol. The van der Waals surface area contributed by atoms with Gasteiger partial charge < -0.3 is 10.1 Å². The Balaban J connectivity index is 1.66. The Morgan fingerprint density at radius 2 is 1.88 bits per heavy atom. The summed E-state index contributed by atoms with van der Waals surface area (Å²) < 4.78 is 6.59. The van der Waals surface area contributed by atoms with Gasteiger partial charge in [-0.25, -0.2) is 0 Å². The van der Waals surface area contributed by atoms with E-state index >= 15 is 0 Å². The number of nitrogens with one attached hydrogen (secondary N) is 1.